The number of carboxylic acid groups (broad SMARTS) is 1. The number of carboxylic acids is 1. The summed E-state index contributed by atoms with van der Waals surface area (Å²) in [6.45, 7) is 2.59. The molecular weight excluding hydrogens is 134 g/mol. The van der Waals surface area contributed by atoms with E-state index in [1.165, 1.54) is 0 Å². The molecule has 4 nitrogen and oxygen atoms in total. The van der Waals surface area contributed by atoms with Crippen LogP contribution < -0.4 is 5.32 Å². The van der Waals surface area contributed by atoms with Crippen molar-refractivity contribution in [3.63, 3.8) is 0 Å². The van der Waals surface area contributed by atoms with E-state index in [0.29, 0.717) is 6.54 Å². The van der Waals surface area contributed by atoms with E-state index in [9.17, 15) is 4.79 Å². The van der Waals surface area contributed by atoms with Gasteiger partial charge in [-0.3, -0.25) is 10.1 Å². The summed E-state index contributed by atoms with van der Waals surface area (Å²) in [5, 5.41) is 19.7. The minimum Gasteiger partial charge on any atom is -0.481 e. The second-order valence-corrected chi connectivity index (χ2v) is 2.07. The van der Waals surface area contributed by atoms with Crippen LogP contribution in [0.3, 0.4) is 0 Å². The molecule has 0 saturated heterocycles. The zero-order valence-corrected chi connectivity index (χ0v) is 6.00. The highest BCUT2D eigenvalue weighted by Crippen LogP contribution is 1.86. The van der Waals surface area contributed by atoms with Gasteiger partial charge in [0, 0.05) is 0 Å². The molecule has 0 rings (SSSR count). The van der Waals surface area contributed by atoms with E-state index in [4.69, 9.17) is 10.2 Å². The van der Waals surface area contributed by atoms with Gasteiger partial charge in [-0.25, -0.2) is 0 Å². The molecule has 0 aliphatic rings. The van der Waals surface area contributed by atoms with Gasteiger partial charge in [-0.2, -0.15) is 0 Å². The maximum absolute atomic E-state index is 9.97. The topological polar surface area (TPSA) is 69.6 Å². The number of carbonyl (C=O) groups is 1. The zero-order chi connectivity index (χ0) is 7.98. The van der Waals surface area contributed by atoms with Gasteiger partial charge in [0.05, 0.1) is 6.42 Å². The highest BCUT2D eigenvalue weighted by molar-refractivity contribution is 5.67. The molecule has 0 saturated carbocycles. The van der Waals surface area contributed by atoms with E-state index in [0.717, 1.165) is 6.42 Å². The molecule has 1 atom stereocenters. The Morgan fingerprint density at radius 3 is 2.70 bits per heavy atom. The minimum absolute atomic E-state index is 0.236. The van der Waals surface area contributed by atoms with Crippen LogP contribution in [0.15, 0.2) is 0 Å². The van der Waals surface area contributed by atoms with Gasteiger partial charge in [-0.05, 0) is 13.0 Å². The number of nitrogens with one attached hydrogen (secondary N) is 1. The lowest BCUT2D eigenvalue weighted by atomic mass is 10.3. The first-order valence-corrected chi connectivity index (χ1v) is 3.30. The fourth-order valence-corrected chi connectivity index (χ4v) is 0.549. The molecule has 0 aliphatic heterocycles. The van der Waals surface area contributed by atoms with Gasteiger partial charge in [-0.15, -0.1) is 0 Å². The normalized spacial score (nSPS) is 13.0. The minimum atomic E-state index is -0.990. The standard InChI is InChI=1S/C6H13NO3/c1-2-3-7-5(8)4-6(9)10/h5,7-8H,2-4H2,1H3,(H,9,10). The summed E-state index contributed by atoms with van der Waals surface area (Å²) in [5.74, 6) is -0.990. The van der Waals surface area contributed by atoms with Crippen molar-refractivity contribution in [3.05, 3.63) is 0 Å². The molecular formula is C6H13NO3. The fourth-order valence-electron chi connectivity index (χ4n) is 0.549. The zero-order valence-electron chi connectivity index (χ0n) is 6.00. The van der Waals surface area contributed by atoms with E-state index >= 15 is 0 Å². The van der Waals surface area contributed by atoms with Crippen molar-refractivity contribution in [2.75, 3.05) is 6.54 Å². The smallest absolute Gasteiger partial charge is 0.307 e. The second kappa shape index (κ2) is 5.20. The van der Waals surface area contributed by atoms with E-state index in [2.05, 4.69) is 5.32 Å². The summed E-state index contributed by atoms with van der Waals surface area (Å²) < 4.78 is 0. The lowest BCUT2D eigenvalue weighted by Gasteiger charge is -2.07. The molecule has 0 spiro atoms. The van der Waals surface area contributed by atoms with Gasteiger partial charge in [0.25, 0.3) is 0 Å². The highest BCUT2D eigenvalue weighted by atomic mass is 16.4. The van der Waals surface area contributed by atoms with Crippen LogP contribution in [0, 0.1) is 0 Å². The van der Waals surface area contributed by atoms with Crippen LogP contribution in [0.1, 0.15) is 19.8 Å². The van der Waals surface area contributed by atoms with Gasteiger partial charge in [0.15, 0.2) is 0 Å². The van der Waals surface area contributed by atoms with E-state index in [-0.39, 0.29) is 6.42 Å². The van der Waals surface area contributed by atoms with Crippen LogP contribution in [0.2, 0.25) is 0 Å². The Kier molecular flexibility index (Phi) is 4.88. The number of hydrogen-bond acceptors (Lipinski definition) is 3. The second-order valence-electron chi connectivity index (χ2n) is 2.07. The molecule has 60 valence electrons. The molecule has 4 heteroatoms. The molecule has 0 amide bonds. The van der Waals surface area contributed by atoms with Crippen molar-refractivity contribution in [3.8, 4) is 0 Å². The lowest BCUT2D eigenvalue weighted by Crippen LogP contribution is -2.31. The van der Waals surface area contributed by atoms with Crippen molar-refractivity contribution in [2.24, 2.45) is 0 Å². The Morgan fingerprint density at radius 2 is 2.30 bits per heavy atom. The molecule has 0 aliphatic carbocycles. The Balaban J connectivity index is 3.25. The predicted octanol–water partition coefficient (Wildman–Crippen LogP) is -0.221. The average Bonchev–Trinajstić information content (AvgIpc) is 1.82. The molecule has 0 fully saturated rings. The summed E-state index contributed by atoms with van der Waals surface area (Å²) in [6, 6.07) is 0. The third-order valence-corrected chi connectivity index (χ3v) is 0.998. The van der Waals surface area contributed by atoms with Crippen LogP contribution in [-0.2, 0) is 4.79 Å². The molecule has 3 N–H and O–H groups in total. The molecule has 0 heterocycles. The number of rotatable bonds is 5. The summed E-state index contributed by atoms with van der Waals surface area (Å²) in [4.78, 5) is 9.97. The van der Waals surface area contributed by atoms with Gasteiger partial charge in [-0.1, -0.05) is 6.92 Å². The van der Waals surface area contributed by atoms with Gasteiger partial charge < -0.3 is 10.2 Å². The largest absolute Gasteiger partial charge is 0.481 e. The van der Waals surface area contributed by atoms with Crippen molar-refractivity contribution in [1.82, 2.24) is 5.32 Å². The van der Waals surface area contributed by atoms with Gasteiger partial charge in [0.2, 0.25) is 0 Å². The Bertz CT molecular complexity index is 105. The third-order valence-electron chi connectivity index (χ3n) is 0.998. The molecule has 0 aromatic carbocycles. The lowest BCUT2D eigenvalue weighted by molar-refractivity contribution is -0.139. The van der Waals surface area contributed by atoms with Crippen LogP contribution in [0.25, 0.3) is 0 Å². The fraction of sp³-hybridized carbons (Fsp3) is 0.833. The third kappa shape index (κ3) is 5.53. The Hall–Kier alpha value is -0.610. The summed E-state index contributed by atoms with van der Waals surface area (Å²) in [5.41, 5.74) is 0. The van der Waals surface area contributed by atoms with Crippen molar-refractivity contribution in [1.29, 1.82) is 0 Å². The van der Waals surface area contributed by atoms with Crippen LogP contribution >= 0.6 is 0 Å². The summed E-state index contributed by atoms with van der Waals surface area (Å²) >= 11 is 0. The Labute approximate surface area is 59.9 Å². The maximum Gasteiger partial charge on any atom is 0.307 e. The quantitative estimate of drug-likeness (QED) is 0.470. The monoisotopic (exact) mass is 147 g/mol. The molecule has 0 aromatic heterocycles. The number of hydrogen-bond donors (Lipinski definition) is 3. The molecule has 0 aromatic rings. The van der Waals surface area contributed by atoms with E-state index < -0.39 is 12.2 Å². The average molecular weight is 147 g/mol. The predicted molar refractivity (Wildman–Crippen MR) is 36.6 cm³/mol. The van der Waals surface area contributed by atoms with Crippen LogP contribution in [0.5, 0.6) is 0 Å². The molecule has 10 heavy (non-hydrogen) atoms. The maximum atomic E-state index is 9.97. The molecule has 0 bridgehead atoms. The molecule has 0 radical (unpaired) electrons. The first-order valence-electron chi connectivity index (χ1n) is 3.30. The molecule has 1 unspecified atom stereocenters. The van der Waals surface area contributed by atoms with E-state index in [1.54, 1.807) is 0 Å². The van der Waals surface area contributed by atoms with Crippen molar-refractivity contribution < 1.29 is 15.0 Å². The van der Waals surface area contributed by atoms with Crippen molar-refractivity contribution in [2.45, 2.75) is 26.0 Å². The number of aliphatic hydroxyl groups excluding tert-OH is 1. The number of aliphatic hydroxyl groups is 1. The summed E-state index contributed by atoms with van der Waals surface area (Å²) in [6.07, 6.45) is -0.256. The van der Waals surface area contributed by atoms with Crippen molar-refractivity contribution >= 4 is 5.97 Å². The highest BCUT2D eigenvalue weighted by Gasteiger charge is 2.06. The Morgan fingerprint density at radius 1 is 1.70 bits per heavy atom. The summed E-state index contributed by atoms with van der Waals surface area (Å²) in [7, 11) is 0. The first kappa shape index (κ1) is 9.39. The van der Waals surface area contributed by atoms with E-state index in [1.807, 2.05) is 6.92 Å². The van der Waals surface area contributed by atoms with Crippen LogP contribution in [-0.4, -0.2) is 29.0 Å². The van der Waals surface area contributed by atoms with Gasteiger partial charge in [0.1, 0.15) is 6.23 Å². The first-order chi connectivity index (χ1) is 4.66. The SMILES string of the molecule is CCCNC(O)CC(=O)O. The van der Waals surface area contributed by atoms with Crippen LogP contribution in [0.4, 0.5) is 0 Å². The van der Waals surface area contributed by atoms with Gasteiger partial charge >= 0.3 is 5.97 Å². The number of aliphatic carboxylic acids is 1.